The standard InChI is InChI=1S/C10H15N3O2S/c1-2-16(14,15)13-7-6-12-10-9(8-13)4-3-5-11-10/h3-5H,2,6-8H2,1H3,(H,11,12). The summed E-state index contributed by atoms with van der Waals surface area (Å²) in [4.78, 5) is 4.19. The summed E-state index contributed by atoms with van der Waals surface area (Å²) >= 11 is 0. The first-order valence-corrected chi connectivity index (χ1v) is 6.90. The lowest BCUT2D eigenvalue weighted by Gasteiger charge is -2.18. The molecule has 5 nitrogen and oxygen atoms in total. The second-order valence-electron chi connectivity index (χ2n) is 3.67. The quantitative estimate of drug-likeness (QED) is 0.826. The summed E-state index contributed by atoms with van der Waals surface area (Å²) in [5.74, 6) is 0.930. The first-order valence-electron chi connectivity index (χ1n) is 5.29. The van der Waals surface area contributed by atoms with E-state index < -0.39 is 10.0 Å². The topological polar surface area (TPSA) is 62.3 Å². The van der Waals surface area contributed by atoms with Crippen LogP contribution >= 0.6 is 0 Å². The fourth-order valence-electron chi connectivity index (χ4n) is 1.71. The molecule has 0 amide bonds. The number of nitrogens with zero attached hydrogens (tertiary/aromatic N) is 2. The molecule has 0 saturated heterocycles. The van der Waals surface area contributed by atoms with Crippen molar-refractivity contribution in [3.63, 3.8) is 0 Å². The van der Waals surface area contributed by atoms with Gasteiger partial charge in [0, 0.05) is 31.4 Å². The van der Waals surface area contributed by atoms with Crippen molar-refractivity contribution in [2.24, 2.45) is 0 Å². The van der Waals surface area contributed by atoms with Crippen LogP contribution in [0.1, 0.15) is 12.5 Å². The zero-order chi connectivity index (χ0) is 11.6. The number of anilines is 1. The van der Waals surface area contributed by atoms with Crippen LogP contribution in [-0.4, -0.2) is 36.5 Å². The summed E-state index contributed by atoms with van der Waals surface area (Å²) in [5.41, 5.74) is 0.928. The highest BCUT2D eigenvalue weighted by Gasteiger charge is 2.23. The smallest absolute Gasteiger partial charge is 0.214 e. The van der Waals surface area contributed by atoms with Crippen LogP contribution in [0, 0.1) is 0 Å². The third kappa shape index (κ3) is 2.17. The van der Waals surface area contributed by atoms with Gasteiger partial charge < -0.3 is 5.32 Å². The molecule has 1 aromatic heterocycles. The minimum atomic E-state index is -3.12. The zero-order valence-electron chi connectivity index (χ0n) is 9.18. The van der Waals surface area contributed by atoms with E-state index in [9.17, 15) is 8.42 Å². The maximum atomic E-state index is 11.8. The molecule has 1 aliphatic rings. The number of fused-ring (bicyclic) bond motifs is 1. The Balaban J connectivity index is 2.30. The number of nitrogens with one attached hydrogen (secondary N) is 1. The van der Waals surface area contributed by atoms with Crippen LogP contribution < -0.4 is 5.32 Å². The molecular formula is C10H15N3O2S. The molecule has 0 bridgehead atoms. The average molecular weight is 241 g/mol. The molecule has 0 radical (unpaired) electrons. The average Bonchev–Trinajstić information content (AvgIpc) is 2.51. The van der Waals surface area contributed by atoms with Gasteiger partial charge in [-0.25, -0.2) is 13.4 Å². The summed E-state index contributed by atoms with van der Waals surface area (Å²) in [7, 11) is -3.12. The summed E-state index contributed by atoms with van der Waals surface area (Å²) in [6, 6.07) is 3.72. The number of hydrogen-bond donors (Lipinski definition) is 1. The first-order chi connectivity index (χ1) is 7.63. The van der Waals surface area contributed by atoms with E-state index in [0.29, 0.717) is 19.6 Å². The summed E-state index contributed by atoms with van der Waals surface area (Å²) in [5, 5.41) is 3.13. The molecule has 0 atom stereocenters. The van der Waals surface area contributed by atoms with Gasteiger partial charge in [-0.2, -0.15) is 4.31 Å². The Kier molecular flexibility index (Phi) is 3.11. The Bertz CT molecular complexity index is 473. The Labute approximate surface area is 95.5 Å². The SMILES string of the molecule is CCS(=O)(=O)N1CCNc2ncccc2C1. The highest BCUT2D eigenvalue weighted by atomic mass is 32.2. The lowest BCUT2D eigenvalue weighted by molar-refractivity contribution is 0.424. The van der Waals surface area contributed by atoms with Crippen LogP contribution in [0.5, 0.6) is 0 Å². The molecule has 0 aromatic carbocycles. The predicted octanol–water partition coefficient (Wildman–Crippen LogP) is 0.659. The molecule has 2 heterocycles. The van der Waals surface area contributed by atoms with E-state index in [1.165, 1.54) is 4.31 Å². The lowest BCUT2D eigenvalue weighted by Crippen LogP contribution is -2.33. The Morgan fingerprint density at radius 1 is 1.56 bits per heavy atom. The van der Waals surface area contributed by atoms with Gasteiger partial charge in [0.2, 0.25) is 10.0 Å². The normalized spacial score (nSPS) is 17.3. The van der Waals surface area contributed by atoms with Gasteiger partial charge in [0.1, 0.15) is 5.82 Å². The van der Waals surface area contributed by atoms with Gasteiger partial charge in [0.15, 0.2) is 0 Å². The second kappa shape index (κ2) is 4.39. The molecule has 2 rings (SSSR count). The highest BCUT2D eigenvalue weighted by Crippen LogP contribution is 2.19. The molecule has 6 heteroatoms. The number of aromatic nitrogens is 1. The monoisotopic (exact) mass is 241 g/mol. The molecule has 0 aliphatic carbocycles. The van der Waals surface area contributed by atoms with Crippen molar-refractivity contribution in [1.29, 1.82) is 0 Å². The third-order valence-corrected chi connectivity index (χ3v) is 4.48. The number of pyridine rings is 1. The molecule has 0 saturated carbocycles. The van der Waals surface area contributed by atoms with E-state index in [1.807, 2.05) is 12.1 Å². The number of rotatable bonds is 2. The maximum Gasteiger partial charge on any atom is 0.214 e. The summed E-state index contributed by atoms with van der Waals surface area (Å²) in [6.07, 6.45) is 1.70. The predicted molar refractivity (Wildman–Crippen MR) is 62.6 cm³/mol. The van der Waals surface area contributed by atoms with Gasteiger partial charge in [-0.1, -0.05) is 6.07 Å². The molecular weight excluding hydrogens is 226 g/mol. The van der Waals surface area contributed by atoms with Crippen molar-refractivity contribution in [3.05, 3.63) is 23.9 Å². The lowest BCUT2D eigenvalue weighted by atomic mass is 10.2. The minimum absolute atomic E-state index is 0.141. The van der Waals surface area contributed by atoms with Crippen molar-refractivity contribution >= 4 is 15.8 Å². The number of sulfonamides is 1. The molecule has 88 valence electrons. The van der Waals surface area contributed by atoms with E-state index in [-0.39, 0.29) is 5.75 Å². The van der Waals surface area contributed by atoms with Crippen molar-refractivity contribution in [3.8, 4) is 0 Å². The fourth-order valence-corrected chi connectivity index (χ4v) is 2.78. The van der Waals surface area contributed by atoms with Crippen molar-refractivity contribution in [2.45, 2.75) is 13.5 Å². The van der Waals surface area contributed by atoms with Crippen LogP contribution in [0.15, 0.2) is 18.3 Å². The van der Waals surface area contributed by atoms with Gasteiger partial charge in [-0.3, -0.25) is 0 Å². The molecule has 1 N–H and O–H groups in total. The van der Waals surface area contributed by atoms with Gasteiger partial charge in [0.25, 0.3) is 0 Å². The third-order valence-electron chi connectivity index (χ3n) is 2.65. The fraction of sp³-hybridized carbons (Fsp3) is 0.500. The summed E-state index contributed by atoms with van der Waals surface area (Å²) < 4.78 is 25.1. The molecule has 0 fully saturated rings. The van der Waals surface area contributed by atoms with Gasteiger partial charge in [-0.15, -0.1) is 0 Å². The van der Waals surface area contributed by atoms with E-state index in [0.717, 1.165) is 11.4 Å². The van der Waals surface area contributed by atoms with Crippen molar-refractivity contribution in [2.75, 3.05) is 24.2 Å². The van der Waals surface area contributed by atoms with E-state index in [1.54, 1.807) is 13.1 Å². The second-order valence-corrected chi connectivity index (χ2v) is 5.93. The van der Waals surface area contributed by atoms with Crippen LogP contribution in [0.2, 0.25) is 0 Å². The highest BCUT2D eigenvalue weighted by molar-refractivity contribution is 7.89. The Morgan fingerprint density at radius 2 is 2.38 bits per heavy atom. The van der Waals surface area contributed by atoms with Crippen LogP contribution in [-0.2, 0) is 16.6 Å². The zero-order valence-corrected chi connectivity index (χ0v) is 10.00. The van der Waals surface area contributed by atoms with Gasteiger partial charge in [0.05, 0.1) is 5.75 Å². The van der Waals surface area contributed by atoms with Crippen molar-refractivity contribution in [1.82, 2.24) is 9.29 Å². The van der Waals surface area contributed by atoms with Gasteiger partial charge >= 0.3 is 0 Å². The molecule has 1 aromatic rings. The molecule has 0 unspecified atom stereocenters. The van der Waals surface area contributed by atoms with E-state index in [2.05, 4.69) is 10.3 Å². The van der Waals surface area contributed by atoms with Crippen LogP contribution in [0.25, 0.3) is 0 Å². The maximum absolute atomic E-state index is 11.8. The number of hydrogen-bond acceptors (Lipinski definition) is 4. The molecule has 0 spiro atoms. The van der Waals surface area contributed by atoms with E-state index >= 15 is 0 Å². The Hall–Kier alpha value is -1.14. The van der Waals surface area contributed by atoms with Gasteiger partial charge in [-0.05, 0) is 13.0 Å². The summed E-state index contributed by atoms with van der Waals surface area (Å²) in [6.45, 7) is 3.17. The Morgan fingerprint density at radius 3 is 3.12 bits per heavy atom. The molecule has 1 aliphatic heterocycles. The minimum Gasteiger partial charge on any atom is -0.368 e. The largest absolute Gasteiger partial charge is 0.368 e. The van der Waals surface area contributed by atoms with E-state index in [4.69, 9.17) is 0 Å². The van der Waals surface area contributed by atoms with Crippen LogP contribution in [0.3, 0.4) is 0 Å². The first kappa shape index (κ1) is 11.3. The van der Waals surface area contributed by atoms with Crippen molar-refractivity contribution < 1.29 is 8.42 Å². The van der Waals surface area contributed by atoms with Crippen LogP contribution in [0.4, 0.5) is 5.82 Å². The molecule has 16 heavy (non-hydrogen) atoms.